The van der Waals surface area contributed by atoms with E-state index in [-0.39, 0.29) is 11.9 Å². The number of carbonyl (C=O) groups is 1. The smallest absolute Gasteiger partial charge is 0.309 e. The van der Waals surface area contributed by atoms with Crippen molar-refractivity contribution in [2.24, 2.45) is 5.92 Å². The van der Waals surface area contributed by atoms with Gasteiger partial charge in [0.1, 0.15) is 0 Å². The molecule has 0 radical (unpaired) electrons. The highest BCUT2D eigenvalue weighted by atomic mass is 32.2. The van der Waals surface area contributed by atoms with E-state index in [0.717, 1.165) is 18.6 Å². The Morgan fingerprint density at radius 2 is 2.50 bits per heavy atom. The van der Waals surface area contributed by atoms with Gasteiger partial charge >= 0.3 is 5.97 Å². The van der Waals surface area contributed by atoms with E-state index in [1.807, 2.05) is 11.8 Å². The van der Waals surface area contributed by atoms with Gasteiger partial charge in [-0.3, -0.25) is 4.79 Å². The van der Waals surface area contributed by atoms with Crippen molar-refractivity contribution in [3.63, 3.8) is 0 Å². The van der Waals surface area contributed by atoms with Gasteiger partial charge in [0.2, 0.25) is 0 Å². The third-order valence-electron chi connectivity index (χ3n) is 1.69. The minimum absolute atomic E-state index is 0.0350. The standard InChI is InChI=1S/C7H12O2S/c1-9-7(8)6-3-2-4-10-5-6/h6H,2-5H2,1H3. The zero-order valence-corrected chi connectivity index (χ0v) is 6.95. The van der Waals surface area contributed by atoms with E-state index in [0.29, 0.717) is 0 Å². The molecule has 0 saturated carbocycles. The SMILES string of the molecule is COC(=O)C1CCCSC1. The van der Waals surface area contributed by atoms with E-state index in [4.69, 9.17) is 0 Å². The molecule has 0 aromatic carbocycles. The fraction of sp³-hybridized carbons (Fsp3) is 0.857. The Bertz CT molecular complexity index is 119. The van der Waals surface area contributed by atoms with E-state index in [2.05, 4.69) is 4.74 Å². The minimum atomic E-state index is -0.0350. The molecule has 0 amide bonds. The normalized spacial score (nSPS) is 25.9. The summed E-state index contributed by atoms with van der Waals surface area (Å²) in [5.41, 5.74) is 0. The van der Waals surface area contributed by atoms with E-state index in [9.17, 15) is 4.79 Å². The molecule has 0 N–H and O–H groups in total. The molecule has 1 rings (SSSR count). The first-order chi connectivity index (χ1) is 4.84. The summed E-state index contributed by atoms with van der Waals surface area (Å²) < 4.78 is 4.64. The average molecular weight is 160 g/mol. The van der Waals surface area contributed by atoms with E-state index < -0.39 is 0 Å². The summed E-state index contributed by atoms with van der Waals surface area (Å²) in [5.74, 6) is 2.29. The second kappa shape index (κ2) is 3.86. The van der Waals surface area contributed by atoms with Crippen LogP contribution in [0.3, 0.4) is 0 Å². The Balaban J connectivity index is 2.31. The van der Waals surface area contributed by atoms with Gasteiger partial charge < -0.3 is 4.74 Å². The summed E-state index contributed by atoms with van der Waals surface area (Å²) in [6, 6.07) is 0. The molecule has 0 bridgehead atoms. The van der Waals surface area contributed by atoms with Gasteiger partial charge in [-0.2, -0.15) is 11.8 Å². The fourth-order valence-corrected chi connectivity index (χ4v) is 2.22. The molecule has 10 heavy (non-hydrogen) atoms. The van der Waals surface area contributed by atoms with Crippen molar-refractivity contribution >= 4 is 17.7 Å². The largest absolute Gasteiger partial charge is 0.469 e. The lowest BCUT2D eigenvalue weighted by Crippen LogP contribution is -2.21. The number of ether oxygens (including phenoxy) is 1. The van der Waals surface area contributed by atoms with Crippen molar-refractivity contribution in [3.8, 4) is 0 Å². The molecule has 0 spiro atoms. The first-order valence-corrected chi connectivity index (χ1v) is 4.65. The second-order valence-electron chi connectivity index (χ2n) is 2.44. The molecule has 1 saturated heterocycles. The van der Waals surface area contributed by atoms with Gasteiger partial charge in [0.05, 0.1) is 13.0 Å². The van der Waals surface area contributed by atoms with E-state index in [1.54, 1.807) is 0 Å². The summed E-state index contributed by atoms with van der Waals surface area (Å²) in [6.07, 6.45) is 2.17. The third-order valence-corrected chi connectivity index (χ3v) is 2.91. The fourth-order valence-electron chi connectivity index (χ4n) is 1.09. The lowest BCUT2D eigenvalue weighted by atomic mass is 10.1. The van der Waals surface area contributed by atoms with Crippen LogP contribution < -0.4 is 0 Å². The van der Waals surface area contributed by atoms with Crippen LogP contribution in [0.2, 0.25) is 0 Å². The van der Waals surface area contributed by atoms with Crippen LogP contribution in [0.25, 0.3) is 0 Å². The molecule has 1 unspecified atom stereocenters. The van der Waals surface area contributed by atoms with Gasteiger partial charge in [0.25, 0.3) is 0 Å². The van der Waals surface area contributed by atoms with Crippen molar-refractivity contribution in [2.45, 2.75) is 12.8 Å². The van der Waals surface area contributed by atoms with Gasteiger partial charge in [-0.25, -0.2) is 0 Å². The third kappa shape index (κ3) is 1.90. The quantitative estimate of drug-likeness (QED) is 0.541. The Labute approximate surface area is 65.3 Å². The Kier molecular flexibility index (Phi) is 3.06. The van der Waals surface area contributed by atoms with Crippen LogP contribution in [0.15, 0.2) is 0 Å². The maximum atomic E-state index is 10.9. The first kappa shape index (κ1) is 7.92. The molecular formula is C7H12O2S. The second-order valence-corrected chi connectivity index (χ2v) is 3.59. The number of esters is 1. The zero-order valence-electron chi connectivity index (χ0n) is 6.13. The predicted molar refractivity (Wildman–Crippen MR) is 42.1 cm³/mol. The number of carbonyl (C=O) groups excluding carboxylic acids is 1. The molecule has 1 aliphatic heterocycles. The number of hydrogen-bond donors (Lipinski definition) is 0. The van der Waals surface area contributed by atoms with Crippen LogP contribution in [0.5, 0.6) is 0 Å². The zero-order chi connectivity index (χ0) is 7.40. The van der Waals surface area contributed by atoms with Crippen LogP contribution in [-0.4, -0.2) is 24.6 Å². The van der Waals surface area contributed by atoms with Crippen molar-refractivity contribution in [1.82, 2.24) is 0 Å². The Morgan fingerprint density at radius 3 is 3.00 bits per heavy atom. The molecule has 1 fully saturated rings. The van der Waals surface area contributed by atoms with Crippen molar-refractivity contribution in [2.75, 3.05) is 18.6 Å². The molecule has 0 aliphatic carbocycles. The van der Waals surface area contributed by atoms with Gasteiger partial charge in [0.15, 0.2) is 0 Å². The molecule has 0 aromatic rings. The lowest BCUT2D eigenvalue weighted by Gasteiger charge is -2.18. The van der Waals surface area contributed by atoms with E-state index >= 15 is 0 Å². The molecule has 0 aromatic heterocycles. The highest BCUT2D eigenvalue weighted by molar-refractivity contribution is 7.99. The Morgan fingerprint density at radius 1 is 1.70 bits per heavy atom. The highest BCUT2D eigenvalue weighted by Gasteiger charge is 2.21. The summed E-state index contributed by atoms with van der Waals surface area (Å²) in [4.78, 5) is 10.9. The van der Waals surface area contributed by atoms with Crippen molar-refractivity contribution in [1.29, 1.82) is 0 Å². The van der Waals surface area contributed by atoms with Crippen LogP contribution >= 0.6 is 11.8 Å². The predicted octanol–water partition coefficient (Wildman–Crippen LogP) is 1.30. The number of rotatable bonds is 1. The first-order valence-electron chi connectivity index (χ1n) is 3.50. The summed E-state index contributed by atoms with van der Waals surface area (Å²) in [7, 11) is 1.46. The number of methoxy groups -OCH3 is 1. The van der Waals surface area contributed by atoms with Crippen LogP contribution in [0.1, 0.15) is 12.8 Å². The monoisotopic (exact) mass is 160 g/mol. The minimum Gasteiger partial charge on any atom is -0.469 e. The number of thioether (sulfide) groups is 1. The van der Waals surface area contributed by atoms with Gasteiger partial charge in [-0.1, -0.05) is 0 Å². The maximum absolute atomic E-state index is 10.9. The lowest BCUT2D eigenvalue weighted by molar-refractivity contribution is -0.144. The molecule has 58 valence electrons. The summed E-state index contributed by atoms with van der Waals surface area (Å²) >= 11 is 1.85. The highest BCUT2D eigenvalue weighted by Crippen LogP contribution is 2.23. The topological polar surface area (TPSA) is 26.3 Å². The molecule has 1 heterocycles. The Hall–Kier alpha value is -0.180. The summed E-state index contributed by atoms with van der Waals surface area (Å²) in [6.45, 7) is 0. The van der Waals surface area contributed by atoms with Crippen LogP contribution in [0.4, 0.5) is 0 Å². The average Bonchev–Trinajstić information content (AvgIpc) is 2.05. The molecule has 3 heteroatoms. The molecule has 1 aliphatic rings. The molecule has 1 atom stereocenters. The molecular weight excluding hydrogens is 148 g/mol. The maximum Gasteiger partial charge on any atom is 0.309 e. The van der Waals surface area contributed by atoms with Crippen molar-refractivity contribution < 1.29 is 9.53 Å². The van der Waals surface area contributed by atoms with E-state index in [1.165, 1.54) is 12.9 Å². The van der Waals surface area contributed by atoms with Gasteiger partial charge in [-0.15, -0.1) is 0 Å². The van der Waals surface area contributed by atoms with Gasteiger partial charge in [0, 0.05) is 5.75 Å². The van der Waals surface area contributed by atoms with Crippen LogP contribution in [0, 0.1) is 5.92 Å². The van der Waals surface area contributed by atoms with Crippen LogP contribution in [-0.2, 0) is 9.53 Å². The van der Waals surface area contributed by atoms with Crippen molar-refractivity contribution in [3.05, 3.63) is 0 Å². The van der Waals surface area contributed by atoms with Gasteiger partial charge in [-0.05, 0) is 18.6 Å². The number of hydrogen-bond acceptors (Lipinski definition) is 3. The molecule has 2 nitrogen and oxygen atoms in total. The summed E-state index contributed by atoms with van der Waals surface area (Å²) in [5, 5.41) is 0.